The third-order valence-corrected chi connectivity index (χ3v) is 3.29. The lowest BCUT2D eigenvalue weighted by atomic mass is 10.2. The highest BCUT2D eigenvalue weighted by molar-refractivity contribution is 5.58. The summed E-state index contributed by atoms with van der Waals surface area (Å²) in [5, 5.41) is 14.2. The first-order valence-corrected chi connectivity index (χ1v) is 6.92. The number of nitrogens with zero attached hydrogens (tertiary/aromatic N) is 1. The van der Waals surface area contributed by atoms with Crippen LogP contribution >= 0.6 is 0 Å². The smallest absolute Gasteiger partial charge is 0.311 e. The van der Waals surface area contributed by atoms with E-state index in [0.717, 1.165) is 5.69 Å². The molecule has 1 aliphatic carbocycles. The Bertz CT molecular complexity index is 487. The summed E-state index contributed by atoms with van der Waals surface area (Å²) in [6.45, 7) is 4.35. The Labute approximate surface area is 118 Å². The van der Waals surface area contributed by atoms with Crippen molar-refractivity contribution in [1.82, 2.24) is 0 Å². The SMILES string of the molecule is CC(C)Oc1cc(NCC(N)C2CC2)ccc1[N+](=O)[O-]. The van der Waals surface area contributed by atoms with Crippen molar-refractivity contribution in [2.75, 3.05) is 11.9 Å². The van der Waals surface area contributed by atoms with Crippen LogP contribution in [0.1, 0.15) is 26.7 Å². The number of rotatable bonds is 7. The molecule has 0 radical (unpaired) electrons. The van der Waals surface area contributed by atoms with E-state index in [0.29, 0.717) is 12.5 Å². The molecule has 6 heteroatoms. The van der Waals surface area contributed by atoms with Crippen molar-refractivity contribution in [2.45, 2.75) is 38.8 Å². The predicted molar refractivity (Wildman–Crippen MR) is 78.0 cm³/mol. The van der Waals surface area contributed by atoms with Crippen molar-refractivity contribution in [3.8, 4) is 5.75 Å². The minimum Gasteiger partial charge on any atom is -0.484 e. The average Bonchev–Trinajstić information content (AvgIpc) is 3.19. The molecule has 6 nitrogen and oxygen atoms in total. The summed E-state index contributed by atoms with van der Waals surface area (Å²) in [5.41, 5.74) is 6.80. The van der Waals surface area contributed by atoms with Gasteiger partial charge in [-0.05, 0) is 38.7 Å². The van der Waals surface area contributed by atoms with Gasteiger partial charge in [0.05, 0.1) is 11.0 Å². The fourth-order valence-electron chi connectivity index (χ4n) is 2.05. The number of nitrogens with one attached hydrogen (secondary N) is 1. The van der Waals surface area contributed by atoms with Gasteiger partial charge in [0.1, 0.15) is 0 Å². The van der Waals surface area contributed by atoms with Crippen molar-refractivity contribution in [2.24, 2.45) is 11.7 Å². The highest BCUT2D eigenvalue weighted by Gasteiger charge is 2.28. The second-order valence-corrected chi connectivity index (χ2v) is 5.49. The maximum atomic E-state index is 11.0. The van der Waals surface area contributed by atoms with E-state index >= 15 is 0 Å². The Hall–Kier alpha value is -1.82. The van der Waals surface area contributed by atoms with Crippen LogP contribution in [-0.4, -0.2) is 23.6 Å². The van der Waals surface area contributed by atoms with Gasteiger partial charge in [-0.2, -0.15) is 0 Å². The Kier molecular flexibility index (Phi) is 4.44. The third-order valence-electron chi connectivity index (χ3n) is 3.29. The molecule has 1 atom stereocenters. The molecule has 1 aromatic carbocycles. The largest absolute Gasteiger partial charge is 0.484 e. The van der Waals surface area contributed by atoms with Crippen LogP contribution < -0.4 is 15.8 Å². The minimum atomic E-state index is -0.433. The molecule has 1 aromatic rings. The van der Waals surface area contributed by atoms with Gasteiger partial charge >= 0.3 is 5.69 Å². The van der Waals surface area contributed by atoms with Crippen molar-refractivity contribution in [3.63, 3.8) is 0 Å². The fourth-order valence-corrected chi connectivity index (χ4v) is 2.05. The minimum absolute atomic E-state index is 0.0178. The van der Waals surface area contributed by atoms with Gasteiger partial charge in [-0.15, -0.1) is 0 Å². The Morgan fingerprint density at radius 3 is 2.75 bits per heavy atom. The molecule has 110 valence electrons. The first-order valence-electron chi connectivity index (χ1n) is 6.92. The van der Waals surface area contributed by atoms with Crippen molar-refractivity contribution in [1.29, 1.82) is 0 Å². The van der Waals surface area contributed by atoms with Gasteiger partial charge < -0.3 is 15.8 Å². The van der Waals surface area contributed by atoms with E-state index in [-0.39, 0.29) is 23.6 Å². The normalized spacial score (nSPS) is 16.0. The Morgan fingerprint density at radius 2 is 2.20 bits per heavy atom. The van der Waals surface area contributed by atoms with Gasteiger partial charge in [-0.3, -0.25) is 10.1 Å². The van der Waals surface area contributed by atoms with Crippen LogP contribution in [0, 0.1) is 16.0 Å². The molecule has 0 aliphatic heterocycles. The van der Waals surface area contributed by atoms with Crippen LogP contribution in [-0.2, 0) is 0 Å². The van der Waals surface area contributed by atoms with Crippen LogP contribution in [0.25, 0.3) is 0 Å². The van der Waals surface area contributed by atoms with Crippen LogP contribution in [0.2, 0.25) is 0 Å². The van der Waals surface area contributed by atoms with Gasteiger partial charge in [-0.25, -0.2) is 0 Å². The van der Waals surface area contributed by atoms with Gasteiger partial charge in [-0.1, -0.05) is 0 Å². The molecule has 1 unspecified atom stereocenters. The first-order chi connectivity index (χ1) is 9.47. The number of nitrogens with two attached hydrogens (primary N) is 1. The van der Waals surface area contributed by atoms with Gasteiger partial charge in [0.2, 0.25) is 0 Å². The number of anilines is 1. The van der Waals surface area contributed by atoms with E-state index in [4.69, 9.17) is 10.5 Å². The summed E-state index contributed by atoms with van der Waals surface area (Å²) in [7, 11) is 0. The van der Waals surface area contributed by atoms with Crippen molar-refractivity contribution < 1.29 is 9.66 Å². The lowest BCUT2D eigenvalue weighted by Crippen LogP contribution is -2.31. The third kappa shape index (κ3) is 3.84. The lowest BCUT2D eigenvalue weighted by molar-refractivity contribution is -0.386. The molecule has 0 aromatic heterocycles. The zero-order valence-electron chi connectivity index (χ0n) is 11.8. The Morgan fingerprint density at radius 1 is 1.50 bits per heavy atom. The molecular formula is C14H21N3O3. The van der Waals surface area contributed by atoms with Gasteiger partial charge in [0.15, 0.2) is 5.75 Å². The van der Waals surface area contributed by atoms with E-state index in [1.165, 1.54) is 18.9 Å². The topological polar surface area (TPSA) is 90.4 Å². The van der Waals surface area contributed by atoms with Gasteiger partial charge in [0.25, 0.3) is 0 Å². The predicted octanol–water partition coefficient (Wildman–Crippen LogP) is 2.53. The second kappa shape index (κ2) is 6.09. The number of ether oxygens (including phenoxy) is 1. The maximum Gasteiger partial charge on any atom is 0.311 e. The molecule has 20 heavy (non-hydrogen) atoms. The van der Waals surface area contributed by atoms with Crippen LogP contribution in [0.5, 0.6) is 5.75 Å². The van der Waals surface area contributed by atoms with E-state index in [1.807, 2.05) is 13.8 Å². The number of nitro groups is 1. The molecule has 1 saturated carbocycles. The van der Waals surface area contributed by atoms with Crippen molar-refractivity contribution in [3.05, 3.63) is 28.3 Å². The highest BCUT2D eigenvalue weighted by Crippen LogP contribution is 2.33. The summed E-state index contributed by atoms with van der Waals surface area (Å²) in [4.78, 5) is 10.5. The van der Waals surface area contributed by atoms with Crippen LogP contribution in [0.15, 0.2) is 18.2 Å². The zero-order valence-corrected chi connectivity index (χ0v) is 11.8. The molecule has 0 spiro atoms. The molecule has 1 aliphatic rings. The first kappa shape index (κ1) is 14.6. The van der Waals surface area contributed by atoms with E-state index < -0.39 is 4.92 Å². The summed E-state index contributed by atoms with van der Waals surface area (Å²) >= 11 is 0. The van der Waals surface area contributed by atoms with E-state index in [1.54, 1.807) is 12.1 Å². The molecule has 0 heterocycles. The van der Waals surface area contributed by atoms with E-state index in [9.17, 15) is 10.1 Å². The average molecular weight is 279 g/mol. The molecule has 0 saturated heterocycles. The Balaban J connectivity index is 2.07. The maximum absolute atomic E-state index is 11.0. The molecule has 3 N–H and O–H groups in total. The van der Waals surface area contributed by atoms with Gasteiger partial charge in [0, 0.05) is 30.4 Å². The standard InChI is InChI=1S/C14H21N3O3/c1-9(2)20-14-7-11(5-6-13(14)17(18)19)16-8-12(15)10-3-4-10/h5-7,9-10,12,16H,3-4,8,15H2,1-2H3. The van der Waals surface area contributed by atoms with Crippen LogP contribution in [0.4, 0.5) is 11.4 Å². The number of hydrogen-bond acceptors (Lipinski definition) is 5. The van der Waals surface area contributed by atoms with Crippen LogP contribution in [0.3, 0.4) is 0 Å². The summed E-state index contributed by atoms with van der Waals surface area (Å²) in [6.07, 6.45) is 2.29. The number of nitro benzene ring substituents is 1. The molecule has 2 rings (SSSR count). The van der Waals surface area contributed by atoms with E-state index in [2.05, 4.69) is 5.32 Å². The quantitative estimate of drug-likeness (QED) is 0.591. The number of benzene rings is 1. The molecule has 0 amide bonds. The highest BCUT2D eigenvalue weighted by atomic mass is 16.6. The fraction of sp³-hybridized carbons (Fsp3) is 0.571. The van der Waals surface area contributed by atoms with Crippen molar-refractivity contribution >= 4 is 11.4 Å². The molecule has 0 bridgehead atoms. The monoisotopic (exact) mass is 279 g/mol. The molecular weight excluding hydrogens is 258 g/mol. The number of hydrogen-bond donors (Lipinski definition) is 2. The summed E-state index contributed by atoms with van der Waals surface area (Å²) in [6, 6.07) is 4.95. The lowest BCUT2D eigenvalue weighted by Gasteiger charge is -2.15. The summed E-state index contributed by atoms with van der Waals surface area (Å²) < 4.78 is 5.50. The molecule has 1 fully saturated rings. The second-order valence-electron chi connectivity index (χ2n) is 5.49. The summed E-state index contributed by atoms with van der Waals surface area (Å²) in [5.74, 6) is 0.905. The zero-order chi connectivity index (χ0) is 14.7.